The molecular formula is C74H68Ir2N6O3Si2-4. The van der Waals surface area contributed by atoms with Crippen LogP contribution < -0.4 is 10.4 Å². The van der Waals surface area contributed by atoms with Gasteiger partial charge in [-0.1, -0.05) is 185 Å². The van der Waals surface area contributed by atoms with Crippen LogP contribution in [0.4, 0.5) is 0 Å². The van der Waals surface area contributed by atoms with E-state index in [9.17, 15) is 0 Å². The fourth-order valence-corrected chi connectivity index (χ4v) is 13.2. The first-order chi connectivity index (χ1) is 40.9. The minimum atomic E-state index is -1.45. The van der Waals surface area contributed by atoms with Crippen LogP contribution in [0.5, 0.6) is 0 Å². The van der Waals surface area contributed by atoms with E-state index in [4.69, 9.17) is 18.2 Å². The topological polar surface area (TPSA) is 117 Å². The van der Waals surface area contributed by atoms with Crippen molar-refractivity contribution < 1.29 is 53.5 Å². The first kappa shape index (κ1) is 64.9. The number of hydrogen-bond donors (Lipinski definition) is 0. The first-order valence-corrected chi connectivity index (χ1v) is 35.5. The van der Waals surface area contributed by atoms with E-state index in [-0.39, 0.29) is 45.6 Å². The fraction of sp³-hybridized carbons (Fsp3) is 0.162. The van der Waals surface area contributed by atoms with Crippen molar-refractivity contribution in [2.45, 2.75) is 79.3 Å². The number of furan rings is 1. The van der Waals surface area contributed by atoms with Crippen molar-refractivity contribution in [1.29, 1.82) is 0 Å². The molecule has 0 saturated heterocycles. The molecule has 0 bridgehead atoms. The van der Waals surface area contributed by atoms with Gasteiger partial charge in [-0.3, -0.25) is 0 Å². The van der Waals surface area contributed by atoms with Crippen molar-refractivity contribution in [2.24, 2.45) is 0 Å². The summed E-state index contributed by atoms with van der Waals surface area (Å²) in [6, 6.07) is 79.1. The van der Waals surface area contributed by atoms with E-state index in [1.807, 2.05) is 153 Å². The molecule has 5 aromatic heterocycles. The maximum atomic E-state index is 5.90. The third-order valence-corrected chi connectivity index (χ3v) is 18.4. The van der Waals surface area contributed by atoms with Crippen LogP contribution in [-0.2, 0) is 45.6 Å². The number of rotatable bonds is 9. The zero-order valence-electron chi connectivity index (χ0n) is 50.8. The third kappa shape index (κ3) is 16.3. The predicted molar refractivity (Wildman–Crippen MR) is 352 cm³/mol. The summed E-state index contributed by atoms with van der Waals surface area (Å²) >= 11 is 0. The number of benzene rings is 8. The van der Waals surface area contributed by atoms with Gasteiger partial charge >= 0.3 is 0 Å². The quantitative estimate of drug-likeness (QED) is 0.103. The molecule has 0 unspecified atom stereocenters. The Hall–Kier alpha value is -8.13. The molecular weight excluding hydrogens is 1460 g/mol. The van der Waals surface area contributed by atoms with E-state index in [2.05, 4.69) is 184 Å². The van der Waals surface area contributed by atoms with E-state index >= 15 is 0 Å². The molecule has 0 atom stereocenters. The van der Waals surface area contributed by atoms with Gasteiger partial charge in [-0.15, -0.1) is 124 Å². The Balaban J connectivity index is 0.000000151. The standard InChI is InChI=1S/C24H28NSi.C20H11N2O2.C15H11N2O.C15H18NSi.2Ir/c1-24(2,3)21-16-22(25-17-23(21)26(4,5)6)20-14-10-13-19(15-20)18-11-8-7-9-12-18;1-2-6-13(7-3-1)19-21-22-20(24-19)14-10-11-16-15-8-4-5-9-17(15)23-18(16)12-14;1-11-7-9-13(10-8-11)15-17-16-14(18-15)12-5-3-2-4-6-12;1-12-10-14(13-8-6-5-7-9-13)16-11-15(12)17(2,3)4;;/h7-13,15-17H,1-6H3;1-9,11-12H;2-5,7-10H,1H3;5-8,10-11H,1-4H3;;/q4*-1;;. The van der Waals surface area contributed by atoms with Crippen molar-refractivity contribution >= 4 is 48.5 Å². The van der Waals surface area contributed by atoms with Gasteiger partial charge in [-0.25, -0.2) is 0 Å². The van der Waals surface area contributed by atoms with Gasteiger partial charge in [-0.05, 0) is 87.9 Å². The summed E-state index contributed by atoms with van der Waals surface area (Å²) in [5.74, 6) is 1.94. The summed E-state index contributed by atoms with van der Waals surface area (Å²) in [6.45, 7) is 25.3. The summed E-state index contributed by atoms with van der Waals surface area (Å²) in [5, 5.41) is 21.3. The Morgan fingerprint density at radius 3 is 1.49 bits per heavy atom. The van der Waals surface area contributed by atoms with Gasteiger partial charge in [0, 0.05) is 63.7 Å². The largest absolute Gasteiger partial charge is 0.476 e. The van der Waals surface area contributed by atoms with Crippen LogP contribution in [0.3, 0.4) is 0 Å². The maximum Gasteiger partial charge on any atom is 0.237 e. The number of fused-ring (bicyclic) bond motifs is 3. The molecule has 5 heterocycles. The van der Waals surface area contributed by atoms with Crippen LogP contribution in [0.2, 0.25) is 39.3 Å². The Morgan fingerprint density at radius 2 is 0.908 bits per heavy atom. The summed E-state index contributed by atoms with van der Waals surface area (Å²) < 4.78 is 17.3. The average Bonchev–Trinajstić information content (AvgIpc) is 4.50. The predicted octanol–water partition coefficient (Wildman–Crippen LogP) is 18.1. The van der Waals surface area contributed by atoms with Crippen LogP contribution in [0, 0.1) is 38.1 Å². The molecule has 0 saturated carbocycles. The van der Waals surface area contributed by atoms with E-state index < -0.39 is 16.1 Å². The zero-order valence-corrected chi connectivity index (χ0v) is 57.6. The molecule has 0 N–H and O–H groups in total. The van der Waals surface area contributed by atoms with Gasteiger partial charge in [-0.2, -0.15) is 10.2 Å². The molecule has 0 fully saturated rings. The first-order valence-electron chi connectivity index (χ1n) is 28.5. The smallest absolute Gasteiger partial charge is 0.237 e. The summed E-state index contributed by atoms with van der Waals surface area (Å²) in [4.78, 5) is 9.41. The second-order valence-electron chi connectivity index (χ2n) is 23.9. The van der Waals surface area contributed by atoms with Gasteiger partial charge in [0.2, 0.25) is 11.8 Å². The number of aryl methyl sites for hydroxylation is 2. The minimum absolute atomic E-state index is 0. The molecule has 0 spiro atoms. The van der Waals surface area contributed by atoms with E-state index in [1.165, 1.54) is 38.2 Å². The molecule has 442 valence electrons. The SMILES string of the molecule is CC(C)(C)c1cc(-c2[c-]ccc(-c3ccccc3)c2)ncc1[Si](C)(C)C.Cc1cc(-c2[c-]cccc2)ncc1[Si](C)(C)C.Cc1ccc(-c2nnc(-c3[c-]cccc3)o2)cc1.[Ir].[Ir].[c-]1cc2c(cc1-c1nnc(-c3ccccc3)o1)oc1ccccc12. The Morgan fingerprint density at radius 1 is 0.391 bits per heavy atom. The normalized spacial score (nSPS) is 11.2. The Kier molecular flexibility index (Phi) is 21.3. The van der Waals surface area contributed by atoms with Gasteiger partial charge in [0.25, 0.3) is 0 Å². The number of pyridine rings is 2. The van der Waals surface area contributed by atoms with Crippen LogP contribution >= 0.6 is 0 Å². The average molecular weight is 1530 g/mol. The summed E-state index contributed by atoms with van der Waals surface area (Å²) in [7, 11) is -2.72. The van der Waals surface area contributed by atoms with Crippen LogP contribution in [0.15, 0.2) is 226 Å². The molecule has 13 heteroatoms. The third-order valence-electron chi connectivity index (χ3n) is 14.3. The van der Waals surface area contributed by atoms with Crippen LogP contribution in [0.1, 0.15) is 37.5 Å². The minimum Gasteiger partial charge on any atom is -0.476 e. The van der Waals surface area contributed by atoms with Crippen LogP contribution in [0.25, 0.3) is 101 Å². The molecule has 0 aliphatic carbocycles. The molecule has 87 heavy (non-hydrogen) atoms. The number of hydrogen-bond acceptors (Lipinski definition) is 9. The van der Waals surface area contributed by atoms with Crippen molar-refractivity contribution in [3.63, 3.8) is 0 Å². The van der Waals surface area contributed by atoms with Gasteiger partial charge in [0.05, 0.1) is 21.7 Å². The number of nitrogens with zero attached hydrogens (tertiary/aromatic N) is 6. The van der Waals surface area contributed by atoms with Gasteiger partial charge < -0.3 is 23.2 Å². The Labute approximate surface area is 540 Å². The molecule has 0 aliphatic heterocycles. The van der Waals surface area contributed by atoms with Crippen molar-refractivity contribution in [3.05, 3.63) is 254 Å². The Bertz CT molecular complexity index is 4330. The second kappa shape index (κ2) is 28.6. The van der Waals surface area contributed by atoms with Gasteiger partial charge in [0.15, 0.2) is 11.8 Å². The fourth-order valence-electron chi connectivity index (χ4n) is 9.77. The van der Waals surface area contributed by atoms with Gasteiger partial charge in [0.1, 0.15) is 5.58 Å². The molecule has 13 rings (SSSR count). The summed E-state index contributed by atoms with van der Waals surface area (Å²) in [5.41, 5.74) is 15.6. The molecule has 13 aromatic rings. The zero-order chi connectivity index (χ0) is 59.7. The summed E-state index contributed by atoms with van der Waals surface area (Å²) in [6.07, 6.45) is 4.17. The monoisotopic (exact) mass is 1530 g/mol. The van der Waals surface area contributed by atoms with Crippen LogP contribution in [-0.4, -0.2) is 46.5 Å². The number of para-hydroxylation sites is 1. The van der Waals surface area contributed by atoms with E-state index in [0.717, 1.165) is 66.7 Å². The van der Waals surface area contributed by atoms with Crippen molar-refractivity contribution in [3.8, 4) is 79.5 Å². The molecule has 0 aliphatic rings. The molecule has 0 amide bonds. The molecule has 2 radical (unpaired) electrons. The van der Waals surface area contributed by atoms with Crippen molar-refractivity contribution in [1.82, 2.24) is 30.4 Å². The molecule has 9 nitrogen and oxygen atoms in total. The second-order valence-corrected chi connectivity index (χ2v) is 34.0. The molecule has 8 aromatic carbocycles. The van der Waals surface area contributed by atoms with E-state index in [1.54, 1.807) is 0 Å². The van der Waals surface area contributed by atoms with Crippen molar-refractivity contribution in [2.75, 3.05) is 0 Å². The maximum absolute atomic E-state index is 5.90. The number of aromatic nitrogens is 6. The van der Waals surface area contributed by atoms with E-state index in [0.29, 0.717) is 23.6 Å².